The zero-order chi connectivity index (χ0) is 43.2. The van der Waals surface area contributed by atoms with Gasteiger partial charge in [-0.2, -0.15) is 0 Å². The van der Waals surface area contributed by atoms with Gasteiger partial charge in [-0.1, -0.05) is 77.8 Å². The molecular weight excluding hydrogens is 749 g/mol. The van der Waals surface area contributed by atoms with Crippen LogP contribution >= 0.6 is 0 Å². The Kier molecular flexibility index (Phi) is 24.5. The van der Waals surface area contributed by atoms with E-state index in [0.717, 1.165) is 18.4 Å². The van der Waals surface area contributed by atoms with E-state index >= 15 is 0 Å². The van der Waals surface area contributed by atoms with Crippen LogP contribution in [0.5, 0.6) is 0 Å². The van der Waals surface area contributed by atoms with Crippen molar-refractivity contribution in [2.45, 2.75) is 110 Å². The smallest absolute Gasteiger partial charge is 0.254 e. The van der Waals surface area contributed by atoms with Gasteiger partial charge in [0.25, 0.3) is 5.91 Å². The normalized spacial score (nSPS) is 17.4. The fourth-order valence-corrected chi connectivity index (χ4v) is 7.97. The van der Waals surface area contributed by atoms with Crippen molar-refractivity contribution in [3.63, 3.8) is 0 Å². The molecule has 7 unspecified atom stereocenters. The Balaban J connectivity index is 0.00000524. The van der Waals surface area contributed by atoms with Crippen LogP contribution in [0.25, 0.3) is 0 Å². The number of amides is 4. The lowest BCUT2D eigenvalue weighted by Crippen LogP contribution is -2.55. The number of benzene rings is 1. The number of methoxy groups -OCH3 is 2. The predicted molar refractivity (Wildman–Crippen MR) is 229 cm³/mol. The number of aliphatic imine (C=N–C) groups is 1. The average molecular weight is 823 g/mol. The number of nitrogens with two attached hydrogens (primary N) is 1. The molecule has 4 N–H and O–H groups in total. The fraction of sp³-hybridized carbons (Fsp3) is 0.732. The first-order valence-electron chi connectivity index (χ1n) is 20.3. The van der Waals surface area contributed by atoms with Gasteiger partial charge in [0.1, 0.15) is 23.6 Å². The first-order valence-corrected chi connectivity index (χ1v) is 21.6. The summed E-state index contributed by atoms with van der Waals surface area (Å²) in [5, 5.41) is 2.87. The van der Waals surface area contributed by atoms with Crippen molar-refractivity contribution in [2.75, 3.05) is 74.8 Å². The number of hydrogen-bond donors (Lipinski definition) is 3. The molecule has 1 saturated heterocycles. The fourth-order valence-electron chi connectivity index (χ4n) is 7.07. The van der Waals surface area contributed by atoms with E-state index in [9.17, 15) is 23.4 Å². The minimum absolute atomic E-state index is 0.0202. The third kappa shape index (κ3) is 16.7. The topological polar surface area (TPSA) is 179 Å². The first-order chi connectivity index (χ1) is 27.0. The number of hydrogen-bond acceptors (Lipinski definition) is 9. The van der Waals surface area contributed by atoms with Crippen LogP contribution in [0.15, 0.2) is 35.3 Å². The van der Waals surface area contributed by atoms with Crippen molar-refractivity contribution in [1.82, 2.24) is 29.6 Å². The number of likely N-dealkylation sites (N-methyl/N-ethyl adjacent to an activating group) is 1. The maximum atomic E-state index is 14.1. The summed E-state index contributed by atoms with van der Waals surface area (Å²) in [4.78, 5) is 66.4. The van der Waals surface area contributed by atoms with E-state index < -0.39 is 59.1 Å². The molecule has 1 aromatic rings. The second-order valence-corrected chi connectivity index (χ2v) is 16.5. The summed E-state index contributed by atoms with van der Waals surface area (Å²) < 4.78 is 26.9. The van der Waals surface area contributed by atoms with Crippen molar-refractivity contribution < 1.29 is 32.9 Å². The highest BCUT2D eigenvalue weighted by Gasteiger charge is 2.42. The van der Waals surface area contributed by atoms with E-state index in [1.165, 1.54) is 13.5 Å². The molecule has 0 aromatic heterocycles. The SMILES string of the molecule is CCC.CCC(C)C(C(CC(=O)N1CCCC1C(OC)C(C)C(=O)N[C@@H](Cc1ccccc1)C(=O)NS(=O)CCCN)OC)N(C)C(=O)CN=C(N(C)C)N(C)C. The molecule has 0 saturated carbocycles. The number of nitrogens with one attached hydrogen (secondary N) is 2. The highest BCUT2D eigenvalue weighted by atomic mass is 32.2. The lowest BCUT2D eigenvalue weighted by molar-refractivity contribution is -0.145. The van der Waals surface area contributed by atoms with E-state index in [0.29, 0.717) is 31.9 Å². The van der Waals surface area contributed by atoms with Crippen LogP contribution in [-0.2, 0) is 46.1 Å². The van der Waals surface area contributed by atoms with Gasteiger partial charge in [-0.3, -0.25) is 23.9 Å². The Hall–Kier alpha value is -3.60. The van der Waals surface area contributed by atoms with Gasteiger partial charge in [0, 0.05) is 68.2 Å². The standard InChI is InChI=1S/C38H66N8O7S.C3H8/c1-11-26(2)34(45(8)33(48)25-40-38(43(4)5)44(6)7)31(52-9)24-32(47)46-21-15-19-30(46)35(53-10)27(3)36(49)41-29(23-28-17-13-12-14-18-28)37(50)42-54(51)22-16-20-39;1-3-2/h12-14,17-18,26-27,29-31,34-35H,11,15-16,19-25,39H2,1-10H3,(H,41,49)(H,42,50);3H2,1-2H3/t26?,27?,29-,30?,31?,34?,35?,54?;/m0./s1. The molecule has 0 aliphatic carbocycles. The molecule has 1 aliphatic heterocycles. The van der Waals surface area contributed by atoms with Gasteiger partial charge in [0.05, 0.1) is 36.6 Å². The summed E-state index contributed by atoms with van der Waals surface area (Å²) in [6.45, 7) is 10.8. The number of carbonyl (C=O) groups is 4. The molecule has 16 heteroatoms. The average Bonchev–Trinajstić information content (AvgIpc) is 3.66. The molecule has 1 aromatic carbocycles. The van der Waals surface area contributed by atoms with E-state index in [1.54, 1.807) is 30.9 Å². The summed E-state index contributed by atoms with van der Waals surface area (Å²) in [6, 6.07) is 7.47. The molecule has 326 valence electrons. The second kappa shape index (κ2) is 27.2. The van der Waals surface area contributed by atoms with Gasteiger partial charge in [0.2, 0.25) is 17.7 Å². The van der Waals surface area contributed by atoms with Gasteiger partial charge >= 0.3 is 0 Å². The molecule has 2 rings (SSSR count). The number of ether oxygens (including phenoxy) is 2. The van der Waals surface area contributed by atoms with Crippen LogP contribution in [0.1, 0.15) is 78.7 Å². The summed E-state index contributed by atoms with van der Waals surface area (Å²) in [5.74, 6) is -1.18. The van der Waals surface area contributed by atoms with Gasteiger partial charge in [-0.15, -0.1) is 0 Å². The highest BCUT2D eigenvalue weighted by molar-refractivity contribution is 7.83. The summed E-state index contributed by atoms with van der Waals surface area (Å²) in [7, 11) is 10.6. The number of carbonyl (C=O) groups excluding carboxylic acids is 4. The molecule has 4 amide bonds. The zero-order valence-corrected chi connectivity index (χ0v) is 37.6. The zero-order valence-electron chi connectivity index (χ0n) is 36.8. The van der Waals surface area contributed by atoms with Crippen LogP contribution in [0.2, 0.25) is 0 Å². The van der Waals surface area contributed by atoms with Crippen molar-refractivity contribution in [3.05, 3.63) is 35.9 Å². The molecule has 0 radical (unpaired) electrons. The van der Waals surface area contributed by atoms with E-state index in [4.69, 9.17) is 15.2 Å². The maximum Gasteiger partial charge on any atom is 0.254 e. The molecule has 1 aliphatic rings. The van der Waals surface area contributed by atoms with Crippen molar-refractivity contribution in [2.24, 2.45) is 22.6 Å². The Morgan fingerprint density at radius 3 is 2.12 bits per heavy atom. The minimum Gasteiger partial charge on any atom is -0.379 e. The van der Waals surface area contributed by atoms with Crippen molar-refractivity contribution in [3.8, 4) is 0 Å². The van der Waals surface area contributed by atoms with Crippen LogP contribution in [0, 0.1) is 11.8 Å². The van der Waals surface area contributed by atoms with E-state index in [1.807, 2.05) is 82.2 Å². The van der Waals surface area contributed by atoms with Crippen LogP contribution in [0.3, 0.4) is 0 Å². The summed E-state index contributed by atoms with van der Waals surface area (Å²) >= 11 is 0. The Labute approximate surface area is 345 Å². The Morgan fingerprint density at radius 1 is 0.982 bits per heavy atom. The summed E-state index contributed by atoms with van der Waals surface area (Å²) in [6.07, 6.45) is 2.79. The largest absolute Gasteiger partial charge is 0.379 e. The molecule has 57 heavy (non-hydrogen) atoms. The third-order valence-electron chi connectivity index (χ3n) is 10.1. The lowest BCUT2D eigenvalue weighted by atomic mass is 9.90. The molecule has 8 atom stereocenters. The molecule has 0 bridgehead atoms. The second-order valence-electron chi connectivity index (χ2n) is 15.2. The lowest BCUT2D eigenvalue weighted by Gasteiger charge is -2.39. The quantitative estimate of drug-likeness (QED) is 0.123. The van der Waals surface area contributed by atoms with Crippen LogP contribution in [-0.4, -0.2) is 159 Å². The number of likely N-dealkylation sites (tertiary alicyclic amines) is 1. The number of nitrogens with zero attached hydrogens (tertiary/aromatic N) is 5. The van der Waals surface area contributed by atoms with E-state index in [-0.39, 0.29) is 42.9 Å². The number of guanidine groups is 1. The molecule has 1 fully saturated rings. The van der Waals surface area contributed by atoms with Crippen molar-refractivity contribution >= 4 is 40.6 Å². The van der Waals surface area contributed by atoms with Gasteiger partial charge in [-0.05, 0) is 37.3 Å². The monoisotopic (exact) mass is 823 g/mol. The van der Waals surface area contributed by atoms with Crippen molar-refractivity contribution in [1.29, 1.82) is 0 Å². The Bertz CT molecular complexity index is 1410. The van der Waals surface area contributed by atoms with Crippen LogP contribution in [0.4, 0.5) is 0 Å². The molecule has 1 heterocycles. The number of rotatable bonds is 21. The molecule has 15 nitrogen and oxygen atoms in total. The van der Waals surface area contributed by atoms with Crippen LogP contribution < -0.4 is 15.8 Å². The third-order valence-corrected chi connectivity index (χ3v) is 11.2. The minimum atomic E-state index is -1.64. The first kappa shape index (κ1) is 51.4. The van der Waals surface area contributed by atoms with E-state index in [2.05, 4.69) is 28.9 Å². The molecule has 0 spiro atoms. The maximum absolute atomic E-state index is 14.1. The molecular formula is C41H74N8O7S. The predicted octanol–water partition coefficient (Wildman–Crippen LogP) is 2.66. The van der Waals surface area contributed by atoms with Gasteiger partial charge in [-0.25, -0.2) is 9.20 Å². The van der Waals surface area contributed by atoms with Gasteiger partial charge < -0.3 is 40.1 Å². The summed E-state index contributed by atoms with van der Waals surface area (Å²) in [5.41, 5.74) is 6.36. The highest BCUT2D eigenvalue weighted by Crippen LogP contribution is 2.29. The van der Waals surface area contributed by atoms with Gasteiger partial charge in [0.15, 0.2) is 5.96 Å². The Morgan fingerprint density at radius 2 is 1.60 bits per heavy atom.